The van der Waals surface area contributed by atoms with Crippen molar-refractivity contribution in [3.8, 4) is 5.69 Å². The number of fused-ring (bicyclic) bond motifs is 3. The van der Waals surface area contributed by atoms with Gasteiger partial charge in [-0.1, -0.05) is 6.07 Å². The number of amides is 1. The summed E-state index contributed by atoms with van der Waals surface area (Å²) in [5.41, 5.74) is 1.52. The van der Waals surface area contributed by atoms with Crippen LogP contribution in [-0.4, -0.2) is 27.4 Å². The maximum atomic E-state index is 13.8. The number of rotatable bonds is 0. The van der Waals surface area contributed by atoms with Crippen LogP contribution in [0.15, 0.2) is 30.7 Å². The zero-order valence-electron chi connectivity index (χ0n) is 9.22. The molecule has 0 N–H and O–H groups in total. The van der Waals surface area contributed by atoms with E-state index in [-0.39, 0.29) is 11.5 Å². The monoisotopic (exact) mass is 231 g/mol. The Kier molecular flexibility index (Phi) is 2.01. The lowest BCUT2D eigenvalue weighted by Crippen LogP contribution is -2.25. The van der Waals surface area contributed by atoms with Crippen molar-refractivity contribution in [2.75, 3.05) is 7.05 Å². The second-order valence-corrected chi connectivity index (χ2v) is 4.05. The van der Waals surface area contributed by atoms with Gasteiger partial charge in [0.2, 0.25) is 0 Å². The summed E-state index contributed by atoms with van der Waals surface area (Å²) in [6.45, 7) is 0.424. The van der Waals surface area contributed by atoms with Gasteiger partial charge in [-0.3, -0.25) is 4.79 Å². The highest BCUT2D eigenvalue weighted by atomic mass is 19.1. The smallest absolute Gasteiger partial charge is 0.259 e. The molecule has 0 saturated heterocycles. The first kappa shape index (κ1) is 10.0. The van der Waals surface area contributed by atoms with Gasteiger partial charge in [-0.2, -0.15) is 0 Å². The quantitative estimate of drug-likeness (QED) is 0.690. The Labute approximate surface area is 97.3 Å². The van der Waals surface area contributed by atoms with Crippen molar-refractivity contribution in [1.29, 1.82) is 0 Å². The lowest BCUT2D eigenvalue weighted by Gasteiger charge is -2.13. The molecule has 1 aromatic carbocycles. The normalized spacial score (nSPS) is 14.2. The Morgan fingerprint density at radius 3 is 3.06 bits per heavy atom. The SMILES string of the molecule is CN1Cc2cncn2-c2cccc(F)c2C1=O. The molecule has 0 spiro atoms. The maximum Gasteiger partial charge on any atom is 0.259 e. The zero-order valence-corrected chi connectivity index (χ0v) is 9.22. The Morgan fingerprint density at radius 1 is 1.41 bits per heavy atom. The number of hydrogen-bond acceptors (Lipinski definition) is 2. The lowest BCUT2D eigenvalue weighted by atomic mass is 10.1. The molecule has 86 valence electrons. The van der Waals surface area contributed by atoms with E-state index in [1.165, 1.54) is 11.0 Å². The summed E-state index contributed by atoms with van der Waals surface area (Å²) in [6.07, 6.45) is 3.28. The molecule has 4 nitrogen and oxygen atoms in total. The van der Waals surface area contributed by atoms with Gasteiger partial charge in [0.1, 0.15) is 5.82 Å². The summed E-state index contributed by atoms with van der Waals surface area (Å²) in [7, 11) is 1.65. The van der Waals surface area contributed by atoms with Crippen molar-refractivity contribution in [2.45, 2.75) is 6.54 Å². The van der Waals surface area contributed by atoms with E-state index in [4.69, 9.17) is 0 Å². The summed E-state index contributed by atoms with van der Waals surface area (Å²) in [4.78, 5) is 17.6. The van der Waals surface area contributed by atoms with Gasteiger partial charge in [0.25, 0.3) is 5.91 Å². The molecular weight excluding hydrogens is 221 g/mol. The van der Waals surface area contributed by atoms with Crippen molar-refractivity contribution in [2.24, 2.45) is 0 Å². The number of benzene rings is 1. The van der Waals surface area contributed by atoms with E-state index in [9.17, 15) is 9.18 Å². The Bertz CT molecular complexity index is 606. The predicted octanol–water partition coefficient (Wildman–Crippen LogP) is 1.60. The molecule has 0 saturated carbocycles. The van der Waals surface area contributed by atoms with E-state index in [0.717, 1.165) is 5.69 Å². The highest BCUT2D eigenvalue weighted by Gasteiger charge is 2.26. The minimum atomic E-state index is -0.499. The van der Waals surface area contributed by atoms with Gasteiger partial charge in [-0.15, -0.1) is 0 Å². The van der Waals surface area contributed by atoms with Crippen LogP contribution in [0.4, 0.5) is 4.39 Å². The molecule has 1 aromatic heterocycles. The topological polar surface area (TPSA) is 38.1 Å². The Hall–Kier alpha value is -2.17. The fourth-order valence-electron chi connectivity index (χ4n) is 2.09. The van der Waals surface area contributed by atoms with Gasteiger partial charge < -0.3 is 9.47 Å². The van der Waals surface area contributed by atoms with Crippen molar-refractivity contribution in [3.05, 3.63) is 47.8 Å². The molecule has 0 atom stereocenters. The summed E-state index contributed by atoms with van der Waals surface area (Å²) in [5.74, 6) is -0.803. The van der Waals surface area contributed by atoms with Crippen LogP contribution < -0.4 is 0 Å². The first-order valence-electron chi connectivity index (χ1n) is 5.24. The summed E-state index contributed by atoms with van der Waals surface area (Å²) < 4.78 is 15.5. The third-order valence-electron chi connectivity index (χ3n) is 2.93. The molecule has 17 heavy (non-hydrogen) atoms. The molecule has 0 aliphatic carbocycles. The zero-order chi connectivity index (χ0) is 12.0. The highest BCUT2D eigenvalue weighted by Crippen LogP contribution is 2.25. The van der Waals surface area contributed by atoms with Crippen LogP contribution in [-0.2, 0) is 6.54 Å². The van der Waals surface area contributed by atoms with Crippen LogP contribution in [0.5, 0.6) is 0 Å². The standard InChI is InChI=1S/C12H10FN3O/c1-15-6-8-5-14-7-16(8)10-4-2-3-9(13)11(10)12(15)17/h2-5,7H,6H2,1H3. The average molecular weight is 231 g/mol. The van der Waals surface area contributed by atoms with Crippen molar-refractivity contribution in [1.82, 2.24) is 14.5 Å². The number of halogens is 1. The van der Waals surface area contributed by atoms with E-state index in [2.05, 4.69) is 4.98 Å². The third-order valence-corrected chi connectivity index (χ3v) is 2.93. The van der Waals surface area contributed by atoms with Crippen molar-refractivity contribution < 1.29 is 9.18 Å². The van der Waals surface area contributed by atoms with E-state index in [1.54, 1.807) is 36.3 Å². The van der Waals surface area contributed by atoms with E-state index in [0.29, 0.717) is 12.2 Å². The van der Waals surface area contributed by atoms with E-state index < -0.39 is 5.82 Å². The number of carbonyl (C=O) groups is 1. The number of aromatic nitrogens is 2. The molecule has 1 aliphatic heterocycles. The summed E-state index contributed by atoms with van der Waals surface area (Å²) >= 11 is 0. The second kappa shape index (κ2) is 3.41. The Morgan fingerprint density at radius 2 is 2.24 bits per heavy atom. The molecule has 0 bridgehead atoms. The van der Waals surface area contributed by atoms with E-state index in [1.807, 2.05) is 0 Å². The van der Waals surface area contributed by atoms with Gasteiger partial charge in [0.15, 0.2) is 0 Å². The van der Waals surface area contributed by atoms with Gasteiger partial charge in [-0.05, 0) is 12.1 Å². The molecule has 3 rings (SSSR count). The lowest BCUT2D eigenvalue weighted by molar-refractivity contribution is 0.0783. The molecule has 0 radical (unpaired) electrons. The minimum Gasteiger partial charge on any atom is -0.336 e. The maximum absolute atomic E-state index is 13.8. The fraction of sp³-hybridized carbons (Fsp3) is 0.167. The molecule has 5 heteroatoms. The first-order chi connectivity index (χ1) is 8.18. The van der Waals surface area contributed by atoms with Crippen LogP contribution >= 0.6 is 0 Å². The fourth-order valence-corrected chi connectivity index (χ4v) is 2.09. The molecule has 2 heterocycles. The number of imidazole rings is 1. The number of carbonyl (C=O) groups excluding carboxylic acids is 1. The Balaban J connectivity index is 2.36. The summed E-state index contributed by atoms with van der Waals surface area (Å²) in [5, 5.41) is 0. The predicted molar refractivity (Wildman–Crippen MR) is 59.3 cm³/mol. The number of nitrogens with zero attached hydrogens (tertiary/aromatic N) is 3. The van der Waals surface area contributed by atoms with Gasteiger partial charge in [0.05, 0.1) is 36.0 Å². The molecule has 0 fully saturated rings. The van der Waals surface area contributed by atoms with Crippen LogP contribution in [0, 0.1) is 5.82 Å². The van der Waals surface area contributed by atoms with Gasteiger partial charge in [-0.25, -0.2) is 9.37 Å². The van der Waals surface area contributed by atoms with Crippen LogP contribution in [0.2, 0.25) is 0 Å². The second-order valence-electron chi connectivity index (χ2n) is 4.05. The van der Waals surface area contributed by atoms with Crippen molar-refractivity contribution >= 4 is 5.91 Å². The minimum absolute atomic E-state index is 0.103. The third kappa shape index (κ3) is 1.35. The number of hydrogen-bond donors (Lipinski definition) is 0. The first-order valence-corrected chi connectivity index (χ1v) is 5.24. The largest absolute Gasteiger partial charge is 0.336 e. The van der Waals surface area contributed by atoms with Gasteiger partial charge in [0, 0.05) is 7.05 Å². The van der Waals surface area contributed by atoms with Crippen molar-refractivity contribution in [3.63, 3.8) is 0 Å². The molecule has 1 aliphatic rings. The van der Waals surface area contributed by atoms with Crippen LogP contribution in [0.25, 0.3) is 5.69 Å². The highest BCUT2D eigenvalue weighted by molar-refractivity contribution is 5.98. The molecule has 2 aromatic rings. The molecular formula is C12H10FN3O. The van der Waals surface area contributed by atoms with Gasteiger partial charge >= 0.3 is 0 Å². The molecule has 0 unspecified atom stereocenters. The average Bonchev–Trinajstić information content (AvgIpc) is 2.72. The van der Waals surface area contributed by atoms with E-state index >= 15 is 0 Å². The van der Waals surface area contributed by atoms with Crippen LogP contribution in [0.1, 0.15) is 16.1 Å². The molecule has 1 amide bonds. The van der Waals surface area contributed by atoms with Crippen LogP contribution in [0.3, 0.4) is 0 Å². The summed E-state index contributed by atoms with van der Waals surface area (Å²) in [6, 6.07) is 4.61.